The van der Waals surface area contributed by atoms with Crippen molar-refractivity contribution in [1.82, 2.24) is 10.2 Å². The molecule has 1 aliphatic rings. The molecule has 0 atom stereocenters. The normalized spacial score (nSPS) is 17.4. The molecular formula is C13H26N2O3. The predicted molar refractivity (Wildman–Crippen MR) is 70.5 cm³/mol. The first kappa shape index (κ1) is 15.2. The molecule has 5 heteroatoms. The average Bonchev–Trinajstić information content (AvgIpc) is 3.01. The number of rotatable bonds is 7. The Kier molecular flexibility index (Phi) is 4.99. The highest BCUT2D eigenvalue weighted by Gasteiger charge is 2.42. The van der Waals surface area contributed by atoms with Crippen LogP contribution in [-0.4, -0.2) is 55.5 Å². The molecule has 2 N–H and O–H groups in total. The zero-order valence-electron chi connectivity index (χ0n) is 12.0. The van der Waals surface area contributed by atoms with Gasteiger partial charge in [0.05, 0.1) is 12.1 Å². The van der Waals surface area contributed by atoms with Gasteiger partial charge in [0.25, 0.3) is 0 Å². The number of aliphatic hydroxyl groups is 1. The first-order valence-electron chi connectivity index (χ1n) is 6.48. The first-order chi connectivity index (χ1) is 8.28. The summed E-state index contributed by atoms with van der Waals surface area (Å²) in [5.74, 6) is 0. The number of hydrogen-bond acceptors (Lipinski definition) is 3. The Labute approximate surface area is 109 Å². The molecular weight excluding hydrogens is 232 g/mol. The number of carbonyl (C=O) groups excluding carboxylic acids is 1. The van der Waals surface area contributed by atoms with Crippen LogP contribution in [-0.2, 0) is 4.74 Å². The Morgan fingerprint density at radius 2 is 2.11 bits per heavy atom. The number of carbonyl (C=O) groups is 1. The average molecular weight is 258 g/mol. The highest BCUT2D eigenvalue weighted by molar-refractivity contribution is 5.74. The fraction of sp³-hybridized carbons (Fsp3) is 0.923. The van der Waals surface area contributed by atoms with Crippen LogP contribution in [0.1, 0.15) is 33.1 Å². The van der Waals surface area contributed by atoms with Crippen LogP contribution in [0.25, 0.3) is 0 Å². The van der Waals surface area contributed by atoms with E-state index < -0.39 is 5.60 Å². The third-order valence-electron chi connectivity index (χ3n) is 3.38. The fourth-order valence-corrected chi connectivity index (χ4v) is 2.06. The summed E-state index contributed by atoms with van der Waals surface area (Å²) < 4.78 is 5.08. The number of nitrogens with zero attached hydrogens (tertiary/aromatic N) is 1. The molecule has 0 aromatic rings. The minimum atomic E-state index is -0.862. The quantitative estimate of drug-likeness (QED) is 0.721. The van der Waals surface area contributed by atoms with Gasteiger partial charge in [0, 0.05) is 27.3 Å². The van der Waals surface area contributed by atoms with Crippen molar-refractivity contribution in [1.29, 1.82) is 0 Å². The summed E-state index contributed by atoms with van der Waals surface area (Å²) in [6.07, 6.45) is 3.32. The van der Waals surface area contributed by atoms with E-state index in [0.29, 0.717) is 13.1 Å². The van der Waals surface area contributed by atoms with E-state index in [9.17, 15) is 9.90 Å². The molecule has 0 bridgehead atoms. The standard InChI is InChI=1S/C13H26N2O3/c1-12(2,17)10-15(3)11(16)14-9-13(5-6-13)7-8-18-4/h17H,5-10H2,1-4H3,(H,14,16). The molecule has 18 heavy (non-hydrogen) atoms. The van der Waals surface area contributed by atoms with Gasteiger partial charge in [-0.05, 0) is 38.5 Å². The van der Waals surface area contributed by atoms with Crippen molar-refractivity contribution >= 4 is 6.03 Å². The molecule has 0 aromatic carbocycles. The molecule has 1 rings (SSSR count). The lowest BCUT2D eigenvalue weighted by Gasteiger charge is -2.26. The minimum absolute atomic E-state index is 0.124. The molecule has 5 nitrogen and oxygen atoms in total. The van der Waals surface area contributed by atoms with Crippen LogP contribution in [0.2, 0.25) is 0 Å². The van der Waals surface area contributed by atoms with Crippen LogP contribution in [0.15, 0.2) is 0 Å². The maximum absolute atomic E-state index is 11.8. The Morgan fingerprint density at radius 3 is 2.56 bits per heavy atom. The molecule has 1 aliphatic carbocycles. The topological polar surface area (TPSA) is 61.8 Å². The number of methoxy groups -OCH3 is 1. The lowest BCUT2D eigenvalue weighted by Crippen LogP contribution is -2.46. The summed E-state index contributed by atoms with van der Waals surface area (Å²) in [5, 5.41) is 12.6. The van der Waals surface area contributed by atoms with Gasteiger partial charge in [-0.3, -0.25) is 0 Å². The van der Waals surface area contributed by atoms with Crippen LogP contribution in [0.3, 0.4) is 0 Å². The molecule has 0 aliphatic heterocycles. The van der Waals surface area contributed by atoms with Crippen molar-refractivity contribution in [3.63, 3.8) is 0 Å². The zero-order valence-corrected chi connectivity index (χ0v) is 12.0. The third kappa shape index (κ3) is 5.23. The summed E-state index contributed by atoms with van der Waals surface area (Å²) in [5.41, 5.74) is -0.610. The van der Waals surface area contributed by atoms with Crippen LogP contribution >= 0.6 is 0 Å². The number of urea groups is 1. The molecule has 0 aromatic heterocycles. The van der Waals surface area contributed by atoms with E-state index in [-0.39, 0.29) is 11.4 Å². The summed E-state index contributed by atoms with van der Waals surface area (Å²) >= 11 is 0. The van der Waals surface area contributed by atoms with Crippen LogP contribution in [0.4, 0.5) is 4.79 Å². The van der Waals surface area contributed by atoms with E-state index >= 15 is 0 Å². The molecule has 1 saturated carbocycles. The molecule has 106 valence electrons. The molecule has 0 saturated heterocycles. The highest BCUT2D eigenvalue weighted by atomic mass is 16.5. The van der Waals surface area contributed by atoms with Gasteiger partial charge in [0.15, 0.2) is 0 Å². The van der Waals surface area contributed by atoms with Gasteiger partial charge in [-0.15, -0.1) is 0 Å². The lowest BCUT2D eigenvalue weighted by molar-refractivity contribution is 0.0529. The highest BCUT2D eigenvalue weighted by Crippen LogP contribution is 2.48. The predicted octanol–water partition coefficient (Wildman–Crippen LogP) is 1.22. The number of hydrogen-bond donors (Lipinski definition) is 2. The summed E-state index contributed by atoms with van der Waals surface area (Å²) in [6, 6.07) is -0.124. The number of ether oxygens (including phenoxy) is 1. The molecule has 0 heterocycles. The van der Waals surface area contributed by atoms with E-state index in [1.54, 1.807) is 28.0 Å². The number of amides is 2. The smallest absolute Gasteiger partial charge is 0.317 e. The first-order valence-corrected chi connectivity index (χ1v) is 6.48. The SMILES string of the molecule is COCCC1(CNC(=O)N(C)CC(C)(C)O)CC1. The van der Waals surface area contributed by atoms with Crippen molar-refractivity contribution in [2.75, 3.05) is 33.9 Å². The zero-order chi connectivity index (χ0) is 13.8. The van der Waals surface area contributed by atoms with Crippen molar-refractivity contribution < 1.29 is 14.6 Å². The Hall–Kier alpha value is -0.810. The van der Waals surface area contributed by atoms with Crippen LogP contribution < -0.4 is 5.32 Å². The van der Waals surface area contributed by atoms with E-state index in [1.165, 1.54) is 4.90 Å². The molecule has 1 fully saturated rings. The summed E-state index contributed by atoms with van der Waals surface area (Å²) in [4.78, 5) is 13.4. The lowest BCUT2D eigenvalue weighted by atomic mass is 10.0. The van der Waals surface area contributed by atoms with Gasteiger partial charge in [-0.1, -0.05) is 0 Å². The van der Waals surface area contributed by atoms with Gasteiger partial charge in [-0.25, -0.2) is 4.79 Å². The molecule has 2 amide bonds. The number of likely N-dealkylation sites (N-methyl/N-ethyl adjacent to an activating group) is 1. The van der Waals surface area contributed by atoms with Crippen molar-refractivity contribution in [3.05, 3.63) is 0 Å². The molecule has 0 unspecified atom stereocenters. The summed E-state index contributed by atoms with van der Waals surface area (Å²) in [7, 11) is 3.40. The second-order valence-electron chi connectivity index (χ2n) is 6.07. The molecule has 0 radical (unpaired) electrons. The van der Waals surface area contributed by atoms with E-state index in [2.05, 4.69) is 5.32 Å². The van der Waals surface area contributed by atoms with E-state index in [1.807, 2.05) is 0 Å². The van der Waals surface area contributed by atoms with Crippen molar-refractivity contribution in [2.45, 2.75) is 38.7 Å². The Balaban J connectivity index is 2.28. The fourth-order valence-electron chi connectivity index (χ4n) is 2.06. The monoisotopic (exact) mass is 258 g/mol. The van der Waals surface area contributed by atoms with Gasteiger partial charge >= 0.3 is 6.03 Å². The minimum Gasteiger partial charge on any atom is -0.389 e. The van der Waals surface area contributed by atoms with E-state index in [0.717, 1.165) is 25.9 Å². The van der Waals surface area contributed by atoms with Crippen molar-refractivity contribution in [2.24, 2.45) is 5.41 Å². The van der Waals surface area contributed by atoms with Gasteiger partial charge in [-0.2, -0.15) is 0 Å². The third-order valence-corrected chi connectivity index (χ3v) is 3.38. The van der Waals surface area contributed by atoms with Crippen LogP contribution in [0.5, 0.6) is 0 Å². The second-order valence-corrected chi connectivity index (χ2v) is 6.07. The van der Waals surface area contributed by atoms with E-state index in [4.69, 9.17) is 4.74 Å². The maximum atomic E-state index is 11.8. The second kappa shape index (κ2) is 5.89. The summed E-state index contributed by atoms with van der Waals surface area (Å²) in [6.45, 7) is 5.15. The Morgan fingerprint density at radius 1 is 1.50 bits per heavy atom. The molecule has 0 spiro atoms. The largest absolute Gasteiger partial charge is 0.389 e. The van der Waals surface area contributed by atoms with Gasteiger partial charge in [0.1, 0.15) is 0 Å². The van der Waals surface area contributed by atoms with Gasteiger partial charge < -0.3 is 20.1 Å². The van der Waals surface area contributed by atoms with Crippen molar-refractivity contribution in [3.8, 4) is 0 Å². The number of nitrogens with one attached hydrogen (secondary N) is 1. The maximum Gasteiger partial charge on any atom is 0.317 e. The van der Waals surface area contributed by atoms with Gasteiger partial charge in [0.2, 0.25) is 0 Å². The van der Waals surface area contributed by atoms with Crippen LogP contribution in [0, 0.1) is 5.41 Å². The Bertz CT molecular complexity index is 282.